The highest BCUT2D eigenvalue weighted by Crippen LogP contribution is 2.17. The van der Waals surface area contributed by atoms with Crippen LogP contribution in [-0.2, 0) is 11.3 Å². The molecule has 136 valence electrons. The van der Waals surface area contributed by atoms with Crippen molar-refractivity contribution in [2.75, 3.05) is 40.3 Å². The molecular formula is C19H28N4O2. The molecule has 0 bridgehead atoms. The third kappa shape index (κ3) is 4.74. The van der Waals surface area contributed by atoms with E-state index in [2.05, 4.69) is 21.3 Å². The Hall–Kier alpha value is -2.05. The zero-order chi connectivity index (χ0) is 17.6. The zero-order valence-corrected chi connectivity index (χ0v) is 15.1. The van der Waals surface area contributed by atoms with E-state index in [4.69, 9.17) is 4.74 Å². The lowest BCUT2D eigenvalue weighted by Crippen LogP contribution is -2.46. The molecule has 0 saturated carbocycles. The van der Waals surface area contributed by atoms with Gasteiger partial charge in [-0.15, -0.1) is 0 Å². The summed E-state index contributed by atoms with van der Waals surface area (Å²) in [6.45, 7) is 3.54. The van der Waals surface area contributed by atoms with Gasteiger partial charge in [-0.1, -0.05) is 12.1 Å². The van der Waals surface area contributed by atoms with Crippen molar-refractivity contribution >= 4 is 16.9 Å². The van der Waals surface area contributed by atoms with E-state index in [-0.39, 0.29) is 12.1 Å². The quantitative estimate of drug-likeness (QED) is 0.811. The van der Waals surface area contributed by atoms with Crippen molar-refractivity contribution in [3.8, 4) is 0 Å². The fourth-order valence-electron chi connectivity index (χ4n) is 3.22. The molecule has 0 spiro atoms. The molecule has 6 nitrogen and oxygen atoms in total. The van der Waals surface area contributed by atoms with Crippen LogP contribution in [0.1, 0.15) is 18.4 Å². The van der Waals surface area contributed by atoms with Crippen LogP contribution in [0.15, 0.2) is 30.5 Å². The summed E-state index contributed by atoms with van der Waals surface area (Å²) in [7, 11) is 4.05. The second kappa shape index (κ2) is 8.36. The Morgan fingerprint density at radius 3 is 2.96 bits per heavy atom. The van der Waals surface area contributed by atoms with Gasteiger partial charge in [-0.25, -0.2) is 4.79 Å². The lowest BCUT2D eigenvalue weighted by Gasteiger charge is -2.27. The van der Waals surface area contributed by atoms with E-state index in [1.54, 1.807) is 0 Å². The number of amides is 2. The molecule has 1 aliphatic heterocycles. The maximum absolute atomic E-state index is 12.7. The number of hydrogen-bond donors (Lipinski definition) is 2. The summed E-state index contributed by atoms with van der Waals surface area (Å²) in [5.41, 5.74) is 2.22. The van der Waals surface area contributed by atoms with E-state index < -0.39 is 0 Å². The summed E-state index contributed by atoms with van der Waals surface area (Å²) in [6, 6.07) is 8.14. The van der Waals surface area contributed by atoms with Gasteiger partial charge in [-0.05, 0) is 44.6 Å². The average molecular weight is 344 g/mol. The van der Waals surface area contributed by atoms with Crippen molar-refractivity contribution in [2.24, 2.45) is 0 Å². The summed E-state index contributed by atoms with van der Waals surface area (Å²) in [5, 5.41) is 4.23. The van der Waals surface area contributed by atoms with Gasteiger partial charge in [0.2, 0.25) is 0 Å². The van der Waals surface area contributed by atoms with Crippen LogP contribution in [-0.4, -0.2) is 67.3 Å². The normalized spacial score (nSPS) is 17.3. The smallest absolute Gasteiger partial charge is 0.317 e. The van der Waals surface area contributed by atoms with Gasteiger partial charge in [-0.2, -0.15) is 0 Å². The van der Waals surface area contributed by atoms with Crippen LogP contribution in [0.2, 0.25) is 0 Å². The number of H-pyrrole nitrogens is 1. The van der Waals surface area contributed by atoms with Gasteiger partial charge < -0.3 is 24.8 Å². The number of nitrogens with zero attached hydrogens (tertiary/aromatic N) is 2. The molecule has 6 heteroatoms. The van der Waals surface area contributed by atoms with Crippen molar-refractivity contribution < 1.29 is 9.53 Å². The number of aromatic nitrogens is 1. The van der Waals surface area contributed by atoms with Crippen molar-refractivity contribution in [2.45, 2.75) is 25.5 Å². The van der Waals surface area contributed by atoms with Gasteiger partial charge >= 0.3 is 6.03 Å². The summed E-state index contributed by atoms with van der Waals surface area (Å²) < 4.78 is 5.71. The third-order valence-electron chi connectivity index (χ3n) is 4.67. The van der Waals surface area contributed by atoms with Crippen LogP contribution in [0.4, 0.5) is 4.79 Å². The van der Waals surface area contributed by atoms with Gasteiger partial charge in [0.1, 0.15) is 0 Å². The Morgan fingerprint density at radius 1 is 1.32 bits per heavy atom. The number of ether oxygens (including phenoxy) is 1. The van der Waals surface area contributed by atoms with Crippen molar-refractivity contribution in [3.63, 3.8) is 0 Å². The number of hydrogen-bond acceptors (Lipinski definition) is 3. The monoisotopic (exact) mass is 344 g/mol. The van der Waals surface area contributed by atoms with E-state index in [1.807, 2.05) is 43.4 Å². The molecule has 0 unspecified atom stereocenters. The minimum Gasteiger partial charge on any atom is -0.376 e. The van der Waals surface area contributed by atoms with Crippen LogP contribution in [0.3, 0.4) is 0 Å². The van der Waals surface area contributed by atoms with Crippen LogP contribution in [0, 0.1) is 0 Å². The molecule has 1 atom stereocenters. The number of carbonyl (C=O) groups excluding carboxylic acids is 1. The molecule has 25 heavy (non-hydrogen) atoms. The molecule has 2 heterocycles. The highest BCUT2D eigenvalue weighted by Gasteiger charge is 2.22. The van der Waals surface area contributed by atoms with Crippen LogP contribution < -0.4 is 5.32 Å². The average Bonchev–Trinajstić information content (AvgIpc) is 3.27. The minimum absolute atomic E-state index is 0.0233. The van der Waals surface area contributed by atoms with E-state index >= 15 is 0 Å². The third-order valence-corrected chi connectivity index (χ3v) is 4.67. The summed E-state index contributed by atoms with van der Waals surface area (Å²) in [4.78, 5) is 19.9. The van der Waals surface area contributed by atoms with E-state index in [1.165, 1.54) is 0 Å². The molecule has 1 fully saturated rings. The second-order valence-electron chi connectivity index (χ2n) is 6.90. The first-order valence-corrected chi connectivity index (χ1v) is 8.97. The van der Waals surface area contributed by atoms with Gasteiger partial charge in [0, 0.05) is 49.9 Å². The molecule has 0 radical (unpaired) electrons. The fraction of sp³-hybridized carbons (Fsp3) is 0.526. The molecule has 2 amide bonds. The first kappa shape index (κ1) is 17.8. The van der Waals surface area contributed by atoms with Crippen molar-refractivity contribution in [1.29, 1.82) is 0 Å². The Balaban J connectivity index is 1.61. The number of benzene rings is 1. The van der Waals surface area contributed by atoms with Gasteiger partial charge in [-0.3, -0.25) is 0 Å². The number of carbonyl (C=O) groups is 1. The lowest BCUT2D eigenvalue weighted by molar-refractivity contribution is 0.0795. The predicted octanol–water partition coefficient (Wildman–Crippen LogP) is 2.42. The SMILES string of the molecule is CN(C)CCN(C[C@H]1CCCO1)C(=O)NCc1cccc2[nH]ccc12. The molecule has 1 aromatic carbocycles. The first-order chi connectivity index (χ1) is 12.1. The summed E-state index contributed by atoms with van der Waals surface area (Å²) in [5.74, 6) is 0. The van der Waals surface area contributed by atoms with Gasteiger partial charge in [0.05, 0.1) is 6.10 Å². The zero-order valence-electron chi connectivity index (χ0n) is 15.1. The largest absolute Gasteiger partial charge is 0.376 e. The molecule has 2 aromatic rings. The number of fused-ring (bicyclic) bond motifs is 1. The highest BCUT2D eigenvalue weighted by atomic mass is 16.5. The Bertz CT molecular complexity index is 692. The van der Waals surface area contributed by atoms with Crippen molar-refractivity contribution in [3.05, 3.63) is 36.0 Å². The number of rotatable bonds is 7. The molecule has 1 saturated heterocycles. The molecule has 0 aliphatic carbocycles. The minimum atomic E-state index is -0.0233. The summed E-state index contributed by atoms with van der Waals surface area (Å²) in [6.07, 6.45) is 4.22. The highest BCUT2D eigenvalue weighted by molar-refractivity contribution is 5.83. The second-order valence-corrected chi connectivity index (χ2v) is 6.90. The molecular weight excluding hydrogens is 316 g/mol. The predicted molar refractivity (Wildman–Crippen MR) is 99.6 cm³/mol. The van der Waals surface area contributed by atoms with Gasteiger partial charge in [0.15, 0.2) is 0 Å². The Labute approximate surface area is 149 Å². The van der Waals surface area contributed by atoms with E-state index in [9.17, 15) is 4.79 Å². The Kier molecular flexibility index (Phi) is 5.94. The van der Waals surface area contributed by atoms with E-state index in [0.717, 1.165) is 42.5 Å². The number of nitrogens with one attached hydrogen (secondary N) is 2. The Morgan fingerprint density at radius 2 is 2.20 bits per heavy atom. The van der Waals surface area contributed by atoms with Crippen LogP contribution in [0.5, 0.6) is 0 Å². The fourth-order valence-corrected chi connectivity index (χ4v) is 3.22. The molecule has 3 rings (SSSR count). The maximum Gasteiger partial charge on any atom is 0.317 e. The van der Waals surface area contributed by atoms with Crippen molar-refractivity contribution in [1.82, 2.24) is 20.1 Å². The summed E-state index contributed by atoms with van der Waals surface area (Å²) >= 11 is 0. The first-order valence-electron chi connectivity index (χ1n) is 8.97. The standard InChI is InChI=1S/C19H28N4O2/c1-22(2)10-11-23(14-16-6-4-12-25-16)19(24)21-13-15-5-3-7-18-17(15)8-9-20-18/h3,5,7-9,16,20H,4,6,10-14H2,1-2H3,(H,21,24)/t16-/m1/s1. The number of likely N-dealkylation sites (N-methyl/N-ethyl adjacent to an activating group) is 1. The van der Waals surface area contributed by atoms with Crippen LogP contribution in [0.25, 0.3) is 10.9 Å². The number of urea groups is 1. The molecule has 1 aromatic heterocycles. The van der Waals surface area contributed by atoms with Crippen LogP contribution >= 0.6 is 0 Å². The number of aromatic amines is 1. The van der Waals surface area contributed by atoms with E-state index in [0.29, 0.717) is 19.6 Å². The topological polar surface area (TPSA) is 60.6 Å². The van der Waals surface area contributed by atoms with Gasteiger partial charge in [0.25, 0.3) is 0 Å². The molecule has 2 N–H and O–H groups in total. The molecule has 1 aliphatic rings. The lowest BCUT2D eigenvalue weighted by atomic mass is 10.1. The maximum atomic E-state index is 12.7.